The van der Waals surface area contributed by atoms with Crippen molar-refractivity contribution in [2.45, 2.75) is 12.5 Å². The molecule has 132 valence electrons. The minimum Gasteiger partial charge on any atom is -0.356 e. The molecule has 1 aliphatic rings. The fourth-order valence-electron chi connectivity index (χ4n) is 2.78. The van der Waals surface area contributed by atoms with Gasteiger partial charge >= 0.3 is 0 Å². The molecule has 0 radical (unpaired) electrons. The number of nitrogens with one attached hydrogen (secondary N) is 1. The second-order valence-electron chi connectivity index (χ2n) is 6.00. The first-order valence-corrected chi connectivity index (χ1v) is 9.63. The largest absolute Gasteiger partial charge is 0.356 e. The molecule has 1 amide bonds. The van der Waals surface area contributed by atoms with Crippen LogP contribution < -0.4 is 10.2 Å². The maximum absolute atomic E-state index is 13.7. The number of carbonyl (C=O) groups is 1. The number of pyridine rings is 1. The normalized spacial score (nSPS) is 18.7. The van der Waals surface area contributed by atoms with E-state index in [2.05, 4.69) is 10.3 Å². The highest BCUT2D eigenvalue weighted by molar-refractivity contribution is 7.91. The molecule has 0 spiro atoms. The lowest BCUT2D eigenvalue weighted by atomic mass is 10.2. The van der Waals surface area contributed by atoms with Gasteiger partial charge in [0.25, 0.3) is 5.91 Å². The molecule has 6 nitrogen and oxygen atoms in total. The Morgan fingerprint density at radius 2 is 2.08 bits per heavy atom. The molecule has 1 aromatic carbocycles. The van der Waals surface area contributed by atoms with Crippen LogP contribution in [0.2, 0.25) is 0 Å². The van der Waals surface area contributed by atoms with E-state index >= 15 is 0 Å². The van der Waals surface area contributed by atoms with E-state index in [4.69, 9.17) is 0 Å². The molecular weight excluding hydrogens is 345 g/mol. The van der Waals surface area contributed by atoms with Crippen LogP contribution in [0.1, 0.15) is 16.8 Å². The summed E-state index contributed by atoms with van der Waals surface area (Å²) < 4.78 is 36.9. The van der Waals surface area contributed by atoms with Crippen molar-refractivity contribution in [3.8, 4) is 0 Å². The van der Waals surface area contributed by atoms with E-state index in [-0.39, 0.29) is 23.2 Å². The maximum atomic E-state index is 13.7. The molecule has 1 aliphatic heterocycles. The number of sulfone groups is 1. The van der Waals surface area contributed by atoms with Gasteiger partial charge in [-0.3, -0.25) is 4.79 Å². The van der Waals surface area contributed by atoms with E-state index in [1.165, 1.54) is 24.4 Å². The SMILES string of the molecule is CN(c1cc(C(=O)Nc2ccccc2F)ccn1)C1CCS(=O)(=O)C1. The van der Waals surface area contributed by atoms with Gasteiger partial charge in [0.05, 0.1) is 17.2 Å². The Morgan fingerprint density at radius 1 is 1.32 bits per heavy atom. The first-order valence-electron chi connectivity index (χ1n) is 7.81. The number of para-hydroxylation sites is 1. The number of aromatic nitrogens is 1. The van der Waals surface area contributed by atoms with Gasteiger partial charge in [0.15, 0.2) is 9.84 Å². The maximum Gasteiger partial charge on any atom is 0.255 e. The average Bonchev–Trinajstić information content (AvgIpc) is 2.96. The highest BCUT2D eigenvalue weighted by Crippen LogP contribution is 2.22. The first-order chi connectivity index (χ1) is 11.9. The Morgan fingerprint density at radius 3 is 2.76 bits per heavy atom. The zero-order chi connectivity index (χ0) is 18.0. The number of halogens is 1. The third kappa shape index (κ3) is 3.96. The highest BCUT2D eigenvalue weighted by atomic mass is 32.2. The van der Waals surface area contributed by atoms with Crippen molar-refractivity contribution in [2.24, 2.45) is 0 Å². The second kappa shape index (κ2) is 6.79. The molecule has 2 aromatic rings. The Labute approximate surface area is 145 Å². The van der Waals surface area contributed by atoms with Gasteiger partial charge in [0, 0.05) is 24.8 Å². The van der Waals surface area contributed by atoms with Crippen molar-refractivity contribution in [1.82, 2.24) is 4.98 Å². The van der Waals surface area contributed by atoms with E-state index in [1.807, 2.05) is 0 Å². The molecule has 1 N–H and O–H groups in total. The molecule has 1 unspecified atom stereocenters. The summed E-state index contributed by atoms with van der Waals surface area (Å²) >= 11 is 0. The monoisotopic (exact) mass is 363 g/mol. The van der Waals surface area contributed by atoms with Gasteiger partial charge in [-0.1, -0.05) is 12.1 Å². The van der Waals surface area contributed by atoms with E-state index < -0.39 is 21.6 Å². The molecule has 0 aliphatic carbocycles. The smallest absolute Gasteiger partial charge is 0.255 e. The minimum atomic E-state index is -3.01. The number of carbonyl (C=O) groups excluding carboxylic acids is 1. The van der Waals surface area contributed by atoms with Crippen LogP contribution in [-0.4, -0.2) is 43.9 Å². The lowest BCUT2D eigenvalue weighted by Gasteiger charge is -2.24. The number of rotatable bonds is 4. The molecule has 0 saturated carbocycles. The number of amides is 1. The van der Waals surface area contributed by atoms with Crippen LogP contribution >= 0.6 is 0 Å². The van der Waals surface area contributed by atoms with E-state index in [1.54, 1.807) is 30.1 Å². The van der Waals surface area contributed by atoms with Gasteiger partial charge in [0.1, 0.15) is 11.6 Å². The summed E-state index contributed by atoms with van der Waals surface area (Å²) in [6.45, 7) is 0. The topological polar surface area (TPSA) is 79.4 Å². The van der Waals surface area contributed by atoms with Crippen molar-refractivity contribution in [1.29, 1.82) is 0 Å². The summed E-state index contributed by atoms with van der Waals surface area (Å²) in [7, 11) is -1.25. The molecule has 1 aromatic heterocycles. The van der Waals surface area contributed by atoms with Crippen LogP contribution in [0.3, 0.4) is 0 Å². The number of hydrogen-bond donors (Lipinski definition) is 1. The van der Waals surface area contributed by atoms with Crippen molar-refractivity contribution in [2.75, 3.05) is 28.8 Å². The molecule has 1 atom stereocenters. The van der Waals surface area contributed by atoms with Crippen LogP contribution in [0.4, 0.5) is 15.9 Å². The molecule has 8 heteroatoms. The number of hydrogen-bond acceptors (Lipinski definition) is 5. The average molecular weight is 363 g/mol. The molecule has 25 heavy (non-hydrogen) atoms. The summed E-state index contributed by atoms with van der Waals surface area (Å²) in [6, 6.07) is 8.85. The lowest BCUT2D eigenvalue weighted by molar-refractivity contribution is 0.102. The predicted octanol–water partition coefficient (Wildman–Crippen LogP) is 2.10. The minimum absolute atomic E-state index is 0.0802. The van der Waals surface area contributed by atoms with Crippen molar-refractivity contribution >= 4 is 27.2 Å². The fraction of sp³-hybridized carbons (Fsp3) is 0.294. The molecule has 1 fully saturated rings. The summed E-state index contributed by atoms with van der Waals surface area (Å²) in [4.78, 5) is 18.3. The van der Waals surface area contributed by atoms with Crippen molar-refractivity contribution in [3.63, 3.8) is 0 Å². The Balaban J connectivity index is 1.77. The predicted molar refractivity (Wildman–Crippen MR) is 94.1 cm³/mol. The van der Waals surface area contributed by atoms with Gasteiger partial charge in [-0.15, -0.1) is 0 Å². The second-order valence-corrected chi connectivity index (χ2v) is 8.23. The van der Waals surface area contributed by atoms with Crippen molar-refractivity contribution < 1.29 is 17.6 Å². The van der Waals surface area contributed by atoms with Crippen LogP contribution in [-0.2, 0) is 9.84 Å². The third-order valence-electron chi connectivity index (χ3n) is 4.25. The third-order valence-corrected chi connectivity index (χ3v) is 6.00. The summed E-state index contributed by atoms with van der Waals surface area (Å²) in [5, 5.41) is 2.52. The number of benzene rings is 1. The number of anilines is 2. The molecule has 1 saturated heterocycles. The quantitative estimate of drug-likeness (QED) is 0.900. The molecule has 0 bridgehead atoms. The van der Waals surface area contributed by atoms with E-state index in [9.17, 15) is 17.6 Å². The molecule has 2 heterocycles. The summed E-state index contributed by atoms with van der Waals surface area (Å²) in [5.74, 6) is -0.227. The van der Waals surface area contributed by atoms with E-state index in [0.717, 1.165) is 0 Å². The van der Waals surface area contributed by atoms with Crippen LogP contribution in [0.15, 0.2) is 42.6 Å². The van der Waals surface area contributed by atoms with E-state index in [0.29, 0.717) is 17.8 Å². The molecule has 3 rings (SSSR count). The van der Waals surface area contributed by atoms with Crippen LogP contribution in [0.25, 0.3) is 0 Å². The van der Waals surface area contributed by atoms with Gasteiger partial charge < -0.3 is 10.2 Å². The Kier molecular flexibility index (Phi) is 4.71. The van der Waals surface area contributed by atoms with Gasteiger partial charge in [-0.25, -0.2) is 17.8 Å². The van der Waals surface area contributed by atoms with Gasteiger partial charge in [-0.2, -0.15) is 0 Å². The van der Waals surface area contributed by atoms with Gasteiger partial charge in [0.2, 0.25) is 0 Å². The van der Waals surface area contributed by atoms with Crippen molar-refractivity contribution in [3.05, 3.63) is 54.0 Å². The highest BCUT2D eigenvalue weighted by Gasteiger charge is 2.31. The molecular formula is C17H18FN3O3S. The standard InChI is InChI=1S/C17H18FN3O3S/c1-21(13-7-9-25(23,24)11-13)16-10-12(6-8-19-16)17(22)20-15-5-3-2-4-14(15)18/h2-6,8,10,13H,7,9,11H2,1H3,(H,20,22). The Hall–Kier alpha value is -2.48. The first kappa shape index (κ1) is 17.3. The summed E-state index contributed by atoms with van der Waals surface area (Å²) in [6.07, 6.45) is 2.01. The fourth-order valence-corrected chi connectivity index (χ4v) is 4.55. The summed E-state index contributed by atoms with van der Waals surface area (Å²) in [5.41, 5.74) is 0.419. The lowest BCUT2D eigenvalue weighted by Crippen LogP contribution is -2.33. The zero-order valence-electron chi connectivity index (χ0n) is 13.6. The van der Waals surface area contributed by atoms with Crippen LogP contribution in [0.5, 0.6) is 0 Å². The Bertz CT molecular complexity index is 902. The number of nitrogens with zero attached hydrogens (tertiary/aromatic N) is 2. The van der Waals surface area contributed by atoms with Crippen LogP contribution in [0, 0.1) is 5.82 Å². The zero-order valence-corrected chi connectivity index (χ0v) is 14.5. The van der Waals surface area contributed by atoms with Gasteiger partial charge in [-0.05, 0) is 30.7 Å².